The topological polar surface area (TPSA) is 113 Å². The van der Waals surface area contributed by atoms with Crippen LogP contribution in [-0.4, -0.2) is 39.3 Å². The molecule has 0 bridgehead atoms. The minimum atomic E-state index is -0.561. The molecule has 3 heterocycles. The molecule has 8 nitrogen and oxygen atoms in total. The highest BCUT2D eigenvalue weighted by Crippen LogP contribution is 2.23. The molecule has 0 amide bonds. The number of carbonyl (C=O) groups is 1. The van der Waals surface area contributed by atoms with Gasteiger partial charge in [0.2, 0.25) is 0 Å². The molecule has 0 saturated carbocycles. The van der Waals surface area contributed by atoms with E-state index in [1.54, 1.807) is 18.5 Å². The smallest absolute Gasteiger partial charge is 0.308 e. The van der Waals surface area contributed by atoms with Gasteiger partial charge in [0, 0.05) is 42.1 Å². The molecule has 1 unspecified atom stereocenters. The highest BCUT2D eigenvalue weighted by Gasteiger charge is 2.23. The van der Waals surface area contributed by atoms with Gasteiger partial charge in [0.1, 0.15) is 17.2 Å². The molecule has 0 fully saturated rings. The van der Waals surface area contributed by atoms with E-state index >= 15 is 0 Å². The molecule has 0 aliphatic carbocycles. The second-order valence-corrected chi connectivity index (χ2v) is 9.96. The van der Waals surface area contributed by atoms with E-state index in [9.17, 15) is 4.79 Å². The number of fused-ring (bicyclic) bond motifs is 1. The largest absolute Gasteiger partial charge is 0.460 e. The van der Waals surface area contributed by atoms with Gasteiger partial charge in [-0.15, -0.1) is 0 Å². The lowest BCUT2D eigenvalue weighted by Gasteiger charge is -2.24. The van der Waals surface area contributed by atoms with Gasteiger partial charge >= 0.3 is 5.97 Å². The summed E-state index contributed by atoms with van der Waals surface area (Å²) in [7, 11) is 0. The average Bonchev–Trinajstić information content (AvgIpc) is 3.03. The summed E-state index contributed by atoms with van der Waals surface area (Å²) in [4.78, 5) is 26.0. The van der Waals surface area contributed by atoms with E-state index in [0.717, 1.165) is 55.0 Å². The van der Waals surface area contributed by atoms with Gasteiger partial charge in [0.15, 0.2) is 0 Å². The van der Waals surface area contributed by atoms with Crippen LogP contribution in [0.5, 0.6) is 0 Å². The number of nitrogens with zero attached hydrogens (tertiary/aromatic N) is 3. The SMILES string of the molecule is Cc1ncc(C(CC(=O)OC(C)(C)C)N/C(=C\C=N)CCCc2ccc3c(n2)NCCCC3)cn1. The van der Waals surface area contributed by atoms with Crippen LogP contribution in [0.25, 0.3) is 0 Å². The second-order valence-electron chi connectivity index (χ2n) is 9.96. The van der Waals surface area contributed by atoms with E-state index in [0.29, 0.717) is 5.82 Å². The number of esters is 1. The number of ether oxygens (including phenoxy) is 1. The van der Waals surface area contributed by atoms with Gasteiger partial charge in [-0.05, 0) is 83.9 Å². The Morgan fingerprint density at radius 3 is 2.74 bits per heavy atom. The summed E-state index contributed by atoms with van der Waals surface area (Å²) in [6.07, 6.45) is 12.5. The number of aromatic nitrogens is 3. The molecule has 3 rings (SSSR count). The van der Waals surface area contributed by atoms with E-state index in [2.05, 4.69) is 32.7 Å². The first kappa shape index (κ1) is 26.3. The summed E-state index contributed by atoms with van der Waals surface area (Å²) in [5, 5.41) is 14.5. The standard InChI is InChI=1S/C27H38N6O2/c1-19-30-17-21(18-31-19)24(16-25(34)35-27(2,3)4)32-23(13-14-28)10-7-9-22-12-11-20-8-5-6-15-29-26(20)33-22/h11-14,17-18,24,28,32H,5-10,15-16H2,1-4H3,(H,29,33)/b23-13-,28-14?. The lowest BCUT2D eigenvalue weighted by atomic mass is 10.0. The Bertz CT molecular complexity index is 1030. The third-order valence-electron chi connectivity index (χ3n) is 5.72. The Kier molecular flexibility index (Phi) is 9.34. The van der Waals surface area contributed by atoms with Crippen molar-refractivity contribution < 1.29 is 9.53 Å². The van der Waals surface area contributed by atoms with Crippen molar-refractivity contribution in [1.29, 1.82) is 5.41 Å². The minimum Gasteiger partial charge on any atom is -0.460 e. The van der Waals surface area contributed by atoms with Crippen molar-refractivity contribution in [2.24, 2.45) is 0 Å². The molecule has 35 heavy (non-hydrogen) atoms. The second kappa shape index (κ2) is 12.4. The van der Waals surface area contributed by atoms with Gasteiger partial charge in [-0.1, -0.05) is 6.07 Å². The highest BCUT2D eigenvalue weighted by molar-refractivity contribution is 5.71. The number of aryl methyl sites for hydroxylation is 3. The van der Waals surface area contributed by atoms with E-state index in [1.165, 1.54) is 24.6 Å². The summed E-state index contributed by atoms with van der Waals surface area (Å²) in [6, 6.07) is 3.96. The highest BCUT2D eigenvalue weighted by atomic mass is 16.6. The molecule has 8 heteroatoms. The molecule has 3 N–H and O–H groups in total. The number of hydrogen-bond donors (Lipinski definition) is 3. The molecule has 0 spiro atoms. The molecule has 0 saturated heterocycles. The molecule has 1 aliphatic heterocycles. The molecule has 0 radical (unpaired) electrons. The monoisotopic (exact) mass is 478 g/mol. The van der Waals surface area contributed by atoms with Crippen LogP contribution < -0.4 is 10.6 Å². The van der Waals surface area contributed by atoms with E-state index in [-0.39, 0.29) is 18.4 Å². The molecule has 188 valence electrons. The van der Waals surface area contributed by atoms with Crippen molar-refractivity contribution >= 4 is 18.0 Å². The first-order chi connectivity index (χ1) is 16.7. The predicted molar refractivity (Wildman–Crippen MR) is 139 cm³/mol. The first-order valence-electron chi connectivity index (χ1n) is 12.4. The Labute approximate surface area is 208 Å². The lowest BCUT2D eigenvalue weighted by molar-refractivity contribution is -0.155. The fourth-order valence-electron chi connectivity index (χ4n) is 4.04. The first-order valence-corrected chi connectivity index (χ1v) is 12.4. The summed E-state index contributed by atoms with van der Waals surface area (Å²) in [5.41, 5.74) is 3.47. The van der Waals surface area contributed by atoms with E-state index in [1.807, 2.05) is 27.7 Å². The van der Waals surface area contributed by atoms with Gasteiger partial charge in [-0.2, -0.15) is 0 Å². The number of carbonyl (C=O) groups excluding carboxylic acids is 1. The van der Waals surface area contributed by atoms with Gasteiger partial charge in [0.25, 0.3) is 0 Å². The number of pyridine rings is 1. The summed E-state index contributed by atoms with van der Waals surface area (Å²) in [6.45, 7) is 8.37. The molecule has 1 atom stereocenters. The third-order valence-corrected chi connectivity index (χ3v) is 5.72. The third kappa shape index (κ3) is 8.77. The number of hydrogen-bond acceptors (Lipinski definition) is 8. The maximum Gasteiger partial charge on any atom is 0.308 e. The molecule has 1 aliphatic rings. The summed E-state index contributed by atoms with van der Waals surface area (Å²) < 4.78 is 5.55. The van der Waals surface area contributed by atoms with Crippen LogP contribution in [0.15, 0.2) is 36.3 Å². The normalized spacial score (nSPS) is 14.8. The van der Waals surface area contributed by atoms with Gasteiger partial charge in [0.05, 0.1) is 12.5 Å². The van der Waals surface area contributed by atoms with Crippen molar-refractivity contribution in [1.82, 2.24) is 20.3 Å². The maximum atomic E-state index is 12.6. The zero-order valence-electron chi connectivity index (χ0n) is 21.4. The van der Waals surface area contributed by atoms with E-state index < -0.39 is 5.60 Å². The Hall–Kier alpha value is -3.29. The molecule has 2 aromatic heterocycles. The zero-order valence-corrected chi connectivity index (χ0v) is 21.4. The van der Waals surface area contributed by atoms with Gasteiger partial charge < -0.3 is 20.8 Å². The number of nitrogens with one attached hydrogen (secondary N) is 3. The number of rotatable bonds is 10. The fraction of sp³-hybridized carbons (Fsp3) is 0.519. The molecule has 0 aromatic carbocycles. The number of anilines is 1. The van der Waals surface area contributed by atoms with Crippen LogP contribution >= 0.6 is 0 Å². The van der Waals surface area contributed by atoms with Crippen molar-refractivity contribution in [3.8, 4) is 0 Å². The van der Waals surface area contributed by atoms with Gasteiger partial charge in [-0.3, -0.25) is 4.79 Å². The van der Waals surface area contributed by atoms with Crippen LogP contribution in [0, 0.1) is 12.3 Å². The Morgan fingerprint density at radius 2 is 2.03 bits per heavy atom. The quantitative estimate of drug-likeness (QED) is 0.330. The summed E-state index contributed by atoms with van der Waals surface area (Å²) in [5.74, 6) is 1.39. The van der Waals surface area contributed by atoms with E-state index in [4.69, 9.17) is 15.1 Å². The van der Waals surface area contributed by atoms with Crippen LogP contribution in [0.1, 0.15) is 81.6 Å². The maximum absolute atomic E-state index is 12.6. The minimum absolute atomic E-state index is 0.136. The molecular weight excluding hydrogens is 440 g/mol. The van der Waals surface area contributed by atoms with Crippen molar-refractivity contribution in [2.75, 3.05) is 11.9 Å². The lowest BCUT2D eigenvalue weighted by Crippen LogP contribution is -2.29. The van der Waals surface area contributed by atoms with Crippen molar-refractivity contribution in [3.05, 3.63) is 58.9 Å². The fourth-order valence-corrected chi connectivity index (χ4v) is 4.04. The Balaban J connectivity index is 1.66. The van der Waals surface area contributed by atoms with Crippen LogP contribution in [0.3, 0.4) is 0 Å². The van der Waals surface area contributed by atoms with Crippen LogP contribution in [0.4, 0.5) is 5.82 Å². The number of allylic oxidation sites excluding steroid dienone is 2. The zero-order chi connectivity index (χ0) is 25.3. The predicted octanol–water partition coefficient (Wildman–Crippen LogP) is 4.85. The van der Waals surface area contributed by atoms with Crippen LogP contribution in [0.2, 0.25) is 0 Å². The van der Waals surface area contributed by atoms with Gasteiger partial charge in [-0.25, -0.2) is 15.0 Å². The Morgan fingerprint density at radius 1 is 1.26 bits per heavy atom. The van der Waals surface area contributed by atoms with Crippen molar-refractivity contribution in [3.63, 3.8) is 0 Å². The molecular formula is C27H38N6O2. The van der Waals surface area contributed by atoms with Crippen LogP contribution in [-0.2, 0) is 22.4 Å². The molecule has 2 aromatic rings. The average molecular weight is 479 g/mol. The van der Waals surface area contributed by atoms with Crippen molar-refractivity contribution in [2.45, 2.75) is 84.3 Å². The summed E-state index contributed by atoms with van der Waals surface area (Å²) >= 11 is 0.